The van der Waals surface area contributed by atoms with Crippen LogP contribution in [0.1, 0.15) is 58.9 Å². The minimum absolute atomic E-state index is 0.171. The second-order valence-electron chi connectivity index (χ2n) is 8.98. The van der Waals surface area contributed by atoms with Crippen LogP contribution in [0.25, 0.3) is 12.2 Å². The lowest BCUT2D eigenvalue weighted by molar-refractivity contribution is -0.148. The third kappa shape index (κ3) is 6.04. The van der Waals surface area contributed by atoms with Gasteiger partial charge < -0.3 is 19.3 Å². The Morgan fingerprint density at radius 2 is 1.50 bits per heavy atom. The van der Waals surface area contributed by atoms with Gasteiger partial charge in [-0.25, -0.2) is 4.79 Å². The molecule has 1 N–H and O–H groups in total. The molecule has 1 aliphatic carbocycles. The number of benzene rings is 3. The van der Waals surface area contributed by atoms with E-state index in [0.717, 1.165) is 24.2 Å². The SMILES string of the molecule is CCc1ccc2c(c1)C=Cc1ccc(CC)cc1C2OCCOc1ccc(CC(OC)C(=O)O)cc1. The molecule has 5 heteroatoms. The average Bonchev–Trinajstić information content (AvgIpc) is 3.06. The van der Waals surface area contributed by atoms with Gasteiger partial charge in [-0.2, -0.15) is 0 Å². The summed E-state index contributed by atoms with van der Waals surface area (Å²) < 4.78 is 17.4. The van der Waals surface area contributed by atoms with Crippen molar-refractivity contribution in [1.29, 1.82) is 0 Å². The third-order valence-corrected chi connectivity index (χ3v) is 6.67. The zero-order valence-electron chi connectivity index (χ0n) is 21.2. The topological polar surface area (TPSA) is 65.0 Å². The molecule has 0 heterocycles. The van der Waals surface area contributed by atoms with Crippen LogP contribution in [0, 0.1) is 0 Å². The summed E-state index contributed by atoms with van der Waals surface area (Å²) in [5.74, 6) is -0.250. The van der Waals surface area contributed by atoms with Crippen LogP contribution >= 0.6 is 0 Å². The summed E-state index contributed by atoms with van der Waals surface area (Å²) in [5.41, 5.74) is 8.21. The second kappa shape index (κ2) is 12.0. The molecule has 0 aromatic heterocycles. The van der Waals surface area contributed by atoms with E-state index in [9.17, 15) is 4.79 Å². The molecule has 1 aliphatic rings. The minimum Gasteiger partial charge on any atom is -0.491 e. The van der Waals surface area contributed by atoms with Crippen LogP contribution in [0.4, 0.5) is 0 Å². The van der Waals surface area contributed by atoms with Gasteiger partial charge in [-0.05, 0) is 63.9 Å². The Morgan fingerprint density at radius 1 is 0.833 bits per heavy atom. The molecule has 0 fully saturated rings. The van der Waals surface area contributed by atoms with Crippen molar-refractivity contribution >= 4 is 18.1 Å². The molecular formula is C31H34O5. The quantitative estimate of drug-likeness (QED) is 0.331. The van der Waals surface area contributed by atoms with E-state index < -0.39 is 12.1 Å². The monoisotopic (exact) mass is 486 g/mol. The van der Waals surface area contributed by atoms with Crippen molar-refractivity contribution in [3.63, 3.8) is 0 Å². The fourth-order valence-electron chi connectivity index (χ4n) is 4.51. The number of hydrogen-bond donors (Lipinski definition) is 1. The number of methoxy groups -OCH3 is 1. The van der Waals surface area contributed by atoms with Gasteiger partial charge in [0, 0.05) is 13.5 Å². The van der Waals surface area contributed by atoms with Gasteiger partial charge in [0.05, 0.1) is 6.61 Å². The molecule has 2 atom stereocenters. The Bertz CT molecular complexity index is 1210. The van der Waals surface area contributed by atoms with E-state index in [-0.39, 0.29) is 6.10 Å². The van der Waals surface area contributed by atoms with Gasteiger partial charge in [0.1, 0.15) is 18.5 Å². The molecular weight excluding hydrogens is 452 g/mol. The first-order valence-corrected chi connectivity index (χ1v) is 12.5. The Hall–Kier alpha value is -3.41. The van der Waals surface area contributed by atoms with Crippen LogP contribution in [-0.2, 0) is 33.5 Å². The van der Waals surface area contributed by atoms with Crippen molar-refractivity contribution in [3.05, 3.63) is 99.6 Å². The van der Waals surface area contributed by atoms with Crippen LogP contribution in [0.5, 0.6) is 5.75 Å². The first-order chi connectivity index (χ1) is 17.5. The number of carboxylic acid groups (broad SMARTS) is 1. The number of hydrogen-bond acceptors (Lipinski definition) is 4. The number of carbonyl (C=O) groups is 1. The molecule has 188 valence electrons. The fourth-order valence-corrected chi connectivity index (χ4v) is 4.51. The summed E-state index contributed by atoms with van der Waals surface area (Å²) in [4.78, 5) is 11.2. The fraction of sp³-hybridized carbons (Fsp3) is 0.323. The first-order valence-electron chi connectivity index (χ1n) is 12.5. The summed E-state index contributed by atoms with van der Waals surface area (Å²) in [7, 11) is 1.41. The number of aliphatic carboxylic acids is 1. The predicted octanol–water partition coefficient (Wildman–Crippen LogP) is 6.12. The largest absolute Gasteiger partial charge is 0.491 e. The van der Waals surface area contributed by atoms with Crippen LogP contribution in [0.3, 0.4) is 0 Å². The molecule has 0 radical (unpaired) electrons. The molecule has 3 aromatic rings. The summed E-state index contributed by atoms with van der Waals surface area (Å²) in [6.45, 7) is 5.18. The maximum atomic E-state index is 11.2. The molecule has 0 bridgehead atoms. The zero-order valence-corrected chi connectivity index (χ0v) is 21.2. The molecule has 0 amide bonds. The van der Waals surface area contributed by atoms with E-state index in [1.807, 2.05) is 24.3 Å². The van der Waals surface area contributed by atoms with Crippen molar-refractivity contribution in [3.8, 4) is 5.75 Å². The van der Waals surface area contributed by atoms with Gasteiger partial charge in [0.25, 0.3) is 0 Å². The molecule has 5 nitrogen and oxygen atoms in total. The van der Waals surface area contributed by atoms with Gasteiger partial charge in [-0.1, -0.05) is 74.5 Å². The average molecular weight is 487 g/mol. The summed E-state index contributed by atoms with van der Waals surface area (Å²) >= 11 is 0. The molecule has 2 unspecified atom stereocenters. The Morgan fingerprint density at radius 3 is 2.19 bits per heavy atom. The van der Waals surface area contributed by atoms with Crippen molar-refractivity contribution < 1.29 is 24.1 Å². The molecule has 0 aliphatic heterocycles. The molecule has 0 saturated heterocycles. The lowest BCUT2D eigenvalue weighted by atomic mass is 9.93. The van der Waals surface area contributed by atoms with Gasteiger partial charge in [-0.3, -0.25) is 0 Å². The lowest BCUT2D eigenvalue weighted by Gasteiger charge is -2.22. The molecule has 3 aromatic carbocycles. The highest BCUT2D eigenvalue weighted by Gasteiger charge is 2.23. The maximum absolute atomic E-state index is 11.2. The molecule has 0 saturated carbocycles. The molecule has 36 heavy (non-hydrogen) atoms. The Balaban J connectivity index is 1.44. The molecule has 0 spiro atoms. The predicted molar refractivity (Wildman–Crippen MR) is 142 cm³/mol. The molecule has 4 rings (SSSR count). The lowest BCUT2D eigenvalue weighted by Crippen LogP contribution is -2.24. The van der Waals surface area contributed by atoms with Crippen LogP contribution in [0.2, 0.25) is 0 Å². The van der Waals surface area contributed by atoms with Crippen LogP contribution < -0.4 is 4.74 Å². The van der Waals surface area contributed by atoms with Crippen molar-refractivity contribution in [1.82, 2.24) is 0 Å². The number of rotatable bonds is 11. The first kappa shape index (κ1) is 25.7. The summed E-state index contributed by atoms with van der Waals surface area (Å²) in [5, 5.41) is 9.17. The van der Waals surface area contributed by atoms with Gasteiger partial charge in [0.2, 0.25) is 0 Å². The Kier molecular flexibility index (Phi) is 8.57. The van der Waals surface area contributed by atoms with E-state index in [1.54, 1.807) is 0 Å². The van der Waals surface area contributed by atoms with Crippen LogP contribution in [0.15, 0.2) is 60.7 Å². The number of ether oxygens (including phenoxy) is 3. The smallest absolute Gasteiger partial charge is 0.333 e. The Labute approximate surface area is 213 Å². The van der Waals surface area contributed by atoms with Crippen LogP contribution in [-0.4, -0.2) is 37.5 Å². The van der Waals surface area contributed by atoms with Gasteiger partial charge in [0.15, 0.2) is 6.10 Å². The van der Waals surface area contributed by atoms with E-state index in [2.05, 4.69) is 62.4 Å². The number of aryl methyl sites for hydroxylation is 2. The normalized spacial score (nSPS) is 15.0. The zero-order chi connectivity index (χ0) is 25.5. The van der Waals surface area contributed by atoms with E-state index >= 15 is 0 Å². The second-order valence-corrected chi connectivity index (χ2v) is 8.98. The minimum atomic E-state index is -0.969. The standard InChI is InChI=1S/C31H34O5/c1-4-21-9-15-27-25(18-21)12-11-24-10-6-22(5-2)19-28(24)30(27)36-17-16-35-26-13-7-23(8-14-26)20-29(34-3)31(32)33/h6-15,18-19,29-30H,4-5,16-17,20H2,1-3H3,(H,32,33). The van der Waals surface area contributed by atoms with E-state index in [0.29, 0.717) is 19.6 Å². The van der Waals surface area contributed by atoms with Crippen molar-refractivity contribution in [2.75, 3.05) is 20.3 Å². The maximum Gasteiger partial charge on any atom is 0.333 e. The summed E-state index contributed by atoms with van der Waals surface area (Å²) in [6, 6.07) is 20.7. The van der Waals surface area contributed by atoms with Crippen molar-refractivity contribution in [2.24, 2.45) is 0 Å². The van der Waals surface area contributed by atoms with E-state index in [1.165, 1.54) is 40.5 Å². The van der Waals surface area contributed by atoms with Gasteiger partial charge >= 0.3 is 5.97 Å². The highest BCUT2D eigenvalue weighted by molar-refractivity contribution is 5.76. The third-order valence-electron chi connectivity index (χ3n) is 6.67. The van der Waals surface area contributed by atoms with Gasteiger partial charge in [-0.15, -0.1) is 0 Å². The van der Waals surface area contributed by atoms with E-state index in [4.69, 9.17) is 19.3 Å². The number of fused-ring (bicyclic) bond motifs is 2. The highest BCUT2D eigenvalue weighted by atomic mass is 16.5. The summed E-state index contributed by atoms with van der Waals surface area (Å²) in [6.07, 6.45) is 5.63. The highest BCUT2D eigenvalue weighted by Crippen LogP contribution is 2.36. The number of carboxylic acids is 1. The van der Waals surface area contributed by atoms with Crippen molar-refractivity contribution in [2.45, 2.75) is 45.3 Å².